The molecule has 0 bridgehead atoms. The first-order valence-corrected chi connectivity index (χ1v) is 5.14. The summed E-state index contributed by atoms with van der Waals surface area (Å²) >= 11 is 0. The summed E-state index contributed by atoms with van der Waals surface area (Å²) < 4.78 is 0. The molecule has 0 atom stereocenters. The summed E-state index contributed by atoms with van der Waals surface area (Å²) in [5.41, 5.74) is 18.6. The highest BCUT2D eigenvalue weighted by atomic mass is 14.6. The molecule has 1 aromatic rings. The predicted molar refractivity (Wildman–Crippen MR) is 63.5 cm³/mol. The Balaban J connectivity index is 3.43. The van der Waals surface area contributed by atoms with Crippen LogP contribution in [0.2, 0.25) is 0 Å². The monoisotopic (exact) mass is 192 g/mol. The van der Waals surface area contributed by atoms with Gasteiger partial charge in [0, 0.05) is 11.4 Å². The molecule has 1 aromatic carbocycles. The van der Waals surface area contributed by atoms with Gasteiger partial charge in [0.15, 0.2) is 0 Å². The normalized spacial score (nSPS) is 10.6. The number of nitrogen functional groups attached to an aromatic ring is 2. The van der Waals surface area contributed by atoms with Gasteiger partial charge in [-0.2, -0.15) is 0 Å². The van der Waals surface area contributed by atoms with Gasteiger partial charge in [-0.15, -0.1) is 0 Å². The second kappa shape index (κ2) is 3.91. The van der Waals surface area contributed by atoms with Crippen LogP contribution in [0.4, 0.5) is 11.4 Å². The van der Waals surface area contributed by atoms with Crippen LogP contribution in [-0.4, -0.2) is 0 Å². The number of benzene rings is 1. The maximum atomic E-state index is 6.08. The molecule has 1 rings (SSSR count). The largest absolute Gasteiger partial charge is 0.398 e. The molecule has 0 amide bonds. The van der Waals surface area contributed by atoms with Crippen molar-refractivity contribution in [3.63, 3.8) is 0 Å². The third-order valence-corrected chi connectivity index (χ3v) is 3.05. The Morgan fingerprint density at radius 3 is 1.86 bits per heavy atom. The zero-order valence-electron chi connectivity index (χ0n) is 9.57. The van der Waals surface area contributed by atoms with E-state index in [0.29, 0.717) is 0 Å². The lowest BCUT2D eigenvalue weighted by molar-refractivity contribution is 0.913. The van der Waals surface area contributed by atoms with Gasteiger partial charge < -0.3 is 11.5 Å². The lowest BCUT2D eigenvalue weighted by atomic mass is 9.93. The van der Waals surface area contributed by atoms with Crippen molar-refractivity contribution < 1.29 is 0 Å². The van der Waals surface area contributed by atoms with Crippen molar-refractivity contribution in [1.29, 1.82) is 0 Å². The van der Waals surface area contributed by atoms with Crippen molar-refractivity contribution in [2.75, 3.05) is 11.5 Å². The topological polar surface area (TPSA) is 52.0 Å². The average Bonchev–Trinajstić information content (AvgIpc) is 2.19. The first-order chi connectivity index (χ1) is 6.50. The summed E-state index contributed by atoms with van der Waals surface area (Å²) in [6.45, 7) is 8.29. The number of hydrogen-bond donors (Lipinski definition) is 2. The Labute approximate surface area is 86.3 Å². The maximum absolute atomic E-state index is 6.08. The van der Waals surface area contributed by atoms with Gasteiger partial charge in [0.2, 0.25) is 0 Å². The van der Waals surface area contributed by atoms with Crippen LogP contribution in [0.15, 0.2) is 0 Å². The Kier molecular flexibility index (Phi) is 3.04. The smallest absolute Gasteiger partial charge is 0.0383 e. The third-order valence-electron chi connectivity index (χ3n) is 3.05. The van der Waals surface area contributed by atoms with Crippen LogP contribution in [-0.2, 0) is 6.42 Å². The second-order valence-corrected chi connectivity index (χ2v) is 3.93. The number of nitrogens with two attached hydrogens (primary N) is 2. The van der Waals surface area contributed by atoms with Gasteiger partial charge in [0.25, 0.3) is 0 Å². The van der Waals surface area contributed by atoms with Crippen molar-refractivity contribution in [3.8, 4) is 0 Å². The van der Waals surface area contributed by atoms with Crippen LogP contribution in [0.1, 0.15) is 35.6 Å². The molecule has 2 nitrogen and oxygen atoms in total. The average molecular weight is 192 g/mol. The minimum atomic E-state index is 0.903. The fourth-order valence-corrected chi connectivity index (χ4v) is 1.85. The van der Waals surface area contributed by atoms with Crippen LogP contribution in [0.25, 0.3) is 0 Å². The molecule has 0 aromatic heterocycles. The van der Waals surface area contributed by atoms with Gasteiger partial charge in [0.05, 0.1) is 0 Å². The molecule has 0 aliphatic heterocycles. The predicted octanol–water partition coefficient (Wildman–Crippen LogP) is 2.73. The highest BCUT2D eigenvalue weighted by molar-refractivity contribution is 5.70. The summed E-state index contributed by atoms with van der Waals surface area (Å²) in [4.78, 5) is 0. The van der Waals surface area contributed by atoms with Crippen LogP contribution in [0.3, 0.4) is 0 Å². The molecule has 0 aliphatic carbocycles. The van der Waals surface area contributed by atoms with Gasteiger partial charge >= 0.3 is 0 Å². The van der Waals surface area contributed by atoms with E-state index in [9.17, 15) is 0 Å². The molecule has 0 aliphatic rings. The molecule has 78 valence electrons. The molecule has 2 heteroatoms. The van der Waals surface area contributed by atoms with E-state index in [2.05, 4.69) is 13.8 Å². The first kappa shape index (κ1) is 10.9. The van der Waals surface area contributed by atoms with Gasteiger partial charge in [-0.3, -0.25) is 0 Å². The summed E-state index contributed by atoms with van der Waals surface area (Å²) in [5, 5.41) is 0. The molecule has 0 fully saturated rings. The molecule has 0 unspecified atom stereocenters. The van der Waals surface area contributed by atoms with Gasteiger partial charge in [-0.1, -0.05) is 13.3 Å². The van der Waals surface area contributed by atoms with Crippen molar-refractivity contribution >= 4 is 11.4 Å². The van der Waals surface area contributed by atoms with E-state index >= 15 is 0 Å². The molecule has 0 radical (unpaired) electrons. The van der Waals surface area contributed by atoms with Crippen LogP contribution >= 0.6 is 0 Å². The zero-order chi connectivity index (χ0) is 10.9. The van der Waals surface area contributed by atoms with Crippen molar-refractivity contribution in [2.45, 2.75) is 40.5 Å². The van der Waals surface area contributed by atoms with Crippen molar-refractivity contribution in [3.05, 3.63) is 22.3 Å². The Hall–Kier alpha value is -1.18. The molecule has 0 saturated heterocycles. The first-order valence-electron chi connectivity index (χ1n) is 5.14. The van der Waals surface area contributed by atoms with Crippen LogP contribution < -0.4 is 11.5 Å². The lowest BCUT2D eigenvalue weighted by Crippen LogP contribution is -2.06. The molecule has 0 spiro atoms. The summed E-state index contributed by atoms with van der Waals surface area (Å²) in [5.74, 6) is 0. The molecule has 4 N–H and O–H groups in total. The lowest BCUT2D eigenvalue weighted by Gasteiger charge is -2.17. The number of anilines is 2. The second-order valence-electron chi connectivity index (χ2n) is 3.93. The van der Waals surface area contributed by atoms with Gasteiger partial charge in [-0.05, 0) is 49.4 Å². The van der Waals surface area contributed by atoms with E-state index in [0.717, 1.165) is 40.9 Å². The van der Waals surface area contributed by atoms with E-state index < -0.39 is 0 Å². The Morgan fingerprint density at radius 2 is 1.36 bits per heavy atom. The quantitative estimate of drug-likeness (QED) is 0.708. The fourth-order valence-electron chi connectivity index (χ4n) is 1.85. The maximum Gasteiger partial charge on any atom is 0.0383 e. The van der Waals surface area contributed by atoms with E-state index in [1.807, 2.05) is 13.8 Å². The minimum Gasteiger partial charge on any atom is -0.398 e. The van der Waals surface area contributed by atoms with E-state index in [1.165, 1.54) is 5.56 Å². The molecular formula is C12H20N2. The van der Waals surface area contributed by atoms with Gasteiger partial charge in [0.1, 0.15) is 0 Å². The summed E-state index contributed by atoms with van der Waals surface area (Å²) in [7, 11) is 0. The van der Waals surface area contributed by atoms with Crippen LogP contribution in [0.5, 0.6) is 0 Å². The number of hydrogen-bond acceptors (Lipinski definition) is 2. The minimum absolute atomic E-state index is 0.903. The summed E-state index contributed by atoms with van der Waals surface area (Å²) in [6, 6.07) is 0. The van der Waals surface area contributed by atoms with Crippen LogP contribution in [0, 0.1) is 20.8 Å². The highest BCUT2D eigenvalue weighted by Gasteiger charge is 2.12. The highest BCUT2D eigenvalue weighted by Crippen LogP contribution is 2.31. The Morgan fingerprint density at radius 1 is 0.857 bits per heavy atom. The summed E-state index contributed by atoms with van der Waals surface area (Å²) in [6.07, 6.45) is 2.12. The standard InChI is InChI=1S/C12H20N2/c1-5-6-10-9(4)11(13)7(2)8(3)12(10)14/h5-6,13-14H2,1-4H3. The number of rotatable bonds is 2. The van der Waals surface area contributed by atoms with Crippen molar-refractivity contribution in [2.24, 2.45) is 0 Å². The van der Waals surface area contributed by atoms with Crippen molar-refractivity contribution in [1.82, 2.24) is 0 Å². The molecule has 0 saturated carbocycles. The SMILES string of the molecule is CCCc1c(C)c(N)c(C)c(C)c1N. The third kappa shape index (κ3) is 1.57. The van der Waals surface area contributed by atoms with E-state index in [1.54, 1.807) is 0 Å². The zero-order valence-corrected chi connectivity index (χ0v) is 9.57. The molecular weight excluding hydrogens is 172 g/mol. The Bertz CT molecular complexity index is 325. The molecule has 14 heavy (non-hydrogen) atoms. The molecule has 0 heterocycles. The fraction of sp³-hybridized carbons (Fsp3) is 0.500. The van der Waals surface area contributed by atoms with E-state index in [4.69, 9.17) is 11.5 Å². The van der Waals surface area contributed by atoms with E-state index in [-0.39, 0.29) is 0 Å². The van der Waals surface area contributed by atoms with Gasteiger partial charge in [-0.25, -0.2) is 0 Å².